The van der Waals surface area contributed by atoms with E-state index in [-0.39, 0.29) is 87.8 Å². The van der Waals surface area contributed by atoms with Crippen molar-refractivity contribution in [2.45, 2.75) is 59.3 Å². The van der Waals surface area contributed by atoms with E-state index in [0.717, 1.165) is 0 Å². The fourth-order valence-electron chi connectivity index (χ4n) is 3.81. The van der Waals surface area contributed by atoms with E-state index in [4.69, 9.17) is 17.7 Å². The molecule has 0 saturated carbocycles. The van der Waals surface area contributed by atoms with Crippen LogP contribution in [0.1, 0.15) is 69.2 Å². The second-order valence-corrected chi connectivity index (χ2v) is 10.1. The van der Waals surface area contributed by atoms with Gasteiger partial charge in [0.15, 0.2) is 0 Å². The van der Waals surface area contributed by atoms with E-state index < -0.39 is 17.5 Å². The monoisotopic (exact) mass is 404 g/mol. The molecule has 2 aliphatic rings. The molecule has 0 amide bonds. The number of hydrogen-bond acceptors (Lipinski definition) is 2. The minimum Gasteiger partial charge on any atom is -0.458 e. The summed E-state index contributed by atoms with van der Waals surface area (Å²) in [7, 11) is 0. The van der Waals surface area contributed by atoms with Crippen molar-refractivity contribution in [3.63, 3.8) is 0 Å². The highest BCUT2D eigenvalue weighted by Crippen LogP contribution is 2.37. The summed E-state index contributed by atoms with van der Waals surface area (Å²) in [5.41, 5.74) is 0.462. The average Bonchev–Trinajstić information content (AvgIpc) is 2.80. The van der Waals surface area contributed by atoms with E-state index in [1.165, 1.54) is 0 Å². The standard InChI is InChI=1S/C27H29BO2/c1-16-12-23-25-24(13-16)30-22-11-9-18(27(5,6)7)15-20(22)28(25)19-14-17(26(2,3)4)8-10-21(19)29-23/h8-15H,1-7H3/i8D,9D,10D,11D,12D,13D,14D,15D. The topological polar surface area (TPSA) is 18.5 Å². The zero-order chi connectivity index (χ0) is 28.4. The minimum absolute atomic E-state index is 0.0141. The molecule has 3 aromatic rings. The van der Waals surface area contributed by atoms with Crippen molar-refractivity contribution < 1.29 is 20.4 Å². The fourth-order valence-corrected chi connectivity index (χ4v) is 3.81. The Balaban J connectivity index is 2.04. The smallest absolute Gasteiger partial charge is 0.260 e. The van der Waals surface area contributed by atoms with E-state index in [1.807, 2.05) is 41.5 Å². The van der Waals surface area contributed by atoms with Crippen LogP contribution in [0, 0.1) is 6.92 Å². The molecule has 0 aliphatic carbocycles. The quantitative estimate of drug-likeness (QED) is 0.325. The molecular weight excluding hydrogens is 367 g/mol. The molecular formula is C27H29BO2. The van der Waals surface area contributed by atoms with Crippen molar-refractivity contribution >= 4 is 23.1 Å². The van der Waals surface area contributed by atoms with Crippen molar-refractivity contribution in [2.24, 2.45) is 0 Å². The van der Waals surface area contributed by atoms with Gasteiger partial charge in [-0.2, -0.15) is 0 Å². The molecule has 5 rings (SSSR count). The van der Waals surface area contributed by atoms with Crippen molar-refractivity contribution in [2.75, 3.05) is 0 Å². The van der Waals surface area contributed by atoms with Gasteiger partial charge in [0.05, 0.1) is 11.0 Å². The zero-order valence-electron chi connectivity index (χ0n) is 26.4. The number of hydrogen-bond donors (Lipinski definition) is 0. The molecule has 0 spiro atoms. The lowest BCUT2D eigenvalue weighted by Crippen LogP contribution is -2.57. The molecule has 152 valence electrons. The van der Waals surface area contributed by atoms with Gasteiger partial charge in [-0.15, -0.1) is 0 Å². The maximum Gasteiger partial charge on any atom is 0.260 e. The molecule has 0 N–H and O–H groups in total. The summed E-state index contributed by atoms with van der Waals surface area (Å²) >= 11 is 0. The van der Waals surface area contributed by atoms with Crippen LogP contribution in [-0.2, 0) is 10.8 Å². The van der Waals surface area contributed by atoms with Crippen LogP contribution in [-0.4, -0.2) is 6.71 Å². The van der Waals surface area contributed by atoms with Crippen LogP contribution in [0.25, 0.3) is 0 Å². The summed E-state index contributed by atoms with van der Waals surface area (Å²) in [6.45, 7) is 11.8. The van der Waals surface area contributed by atoms with Crippen LogP contribution in [0.3, 0.4) is 0 Å². The molecule has 0 atom stereocenters. The second kappa shape index (κ2) is 6.17. The molecule has 2 heterocycles. The van der Waals surface area contributed by atoms with Crippen LogP contribution in [0.15, 0.2) is 48.3 Å². The third-order valence-electron chi connectivity index (χ3n) is 5.48. The predicted molar refractivity (Wildman–Crippen MR) is 126 cm³/mol. The van der Waals surface area contributed by atoms with Gasteiger partial charge >= 0.3 is 0 Å². The Labute approximate surface area is 191 Å². The Hall–Kier alpha value is -2.68. The van der Waals surface area contributed by atoms with E-state index in [2.05, 4.69) is 0 Å². The molecule has 0 saturated heterocycles. The lowest BCUT2D eigenvalue weighted by atomic mass is 9.34. The summed E-state index contributed by atoms with van der Waals surface area (Å²) in [6, 6.07) is -0.889. The Bertz CT molecular complexity index is 1470. The van der Waals surface area contributed by atoms with Crippen molar-refractivity contribution in [1.82, 2.24) is 0 Å². The summed E-state index contributed by atoms with van der Waals surface area (Å²) in [4.78, 5) is 0. The Morgan fingerprint density at radius 1 is 0.667 bits per heavy atom. The largest absolute Gasteiger partial charge is 0.458 e. The Morgan fingerprint density at radius 2 is 1.10 bits per heavy atom. The fraction of sp³-hybridized carbons (Fsp3) is 0.333. The molecule has 3 aromatic carbocycles. The van der Waals surface area contributed by atoms with E-state index in [9.17, 15) is 2.74 Å². The lowest BCUT2D eigenvalue weighted by molar-refractivity contribution is 0.463. The number of fused-ring (bicyclic) bond motifs is 4. The molecule has 0 unspecified atom stereocenters. The third kappa shape index (κ3) is 2.95. The van der Waals surface area contributed by atoms with Crippen LogP contribution < -0.4 is 25.9 Å². The maximum absolute atomic E-state index is 9.26. The molecule has 0 radical (unpaired) electrons. The first-order valence-electron chi connectivity index (χ1n) is 14.2. The van der Waals surface area contributed by atoms with Gasteiger partial charge in [-0.05, 0) is 69.5 Å². The van der Waals surface area contributed by atoms with Crippen molar-refractivity contribution in [3.8, 4) is 23.0 Å². The molecule has 2 nitrogen and oxygen atoms in total. The van der Waals surface area contributed by atoms with Gasteiger partial charge in [0.1, 0.15) is 23.0 Å². The first-order chi connectivity index (χ1) is 17.4. The van der Waals surface area contributed by atoms with E-state index >= 15 is 0 Å². The summed E-state index contributed by atoms with van der Waals surface area (Å²) < 4.78 is 83.4. The van der Waals surface area contributed by atoms with Gasteiger partial charge in [-0.25, -0.2) is 0 Å². The lowest BCUT2D eigenvalue weighted by Gasteiger charge is -2.35. The van der Waals surface area contributed by atoms with Crippen LogP contribution >= 0.6 is 0 Å². The van der Waals surface area contributed by atoms with E-state index in [1.54, 1.807) is 6.92 Å². The predicted octanol–water partition coefficient (Wildman–Crippen LogP) is 5.32. The number of ether oxygens (including phenoxy) is 2. The minimum atomic E-state index is -0.946. The molecule has 0 aromatic heterocycles. The summed E-state index contributed by atoms with van der Waals surface area (Å²) in [5.74, 6) is 0.0533. The van der Waals surface area contributed by atoms with Gasteiger partial charge in [-0.3, -0.25) is 0 Å². The summed E-state index contributed by atoms with van der Waals surface area (Å²) in [5, 5.41) is 0. The highest BCUT2D eigenvalue weighted by atomic mass is 16.5. The van der Waals surface area contributed by atoms with Crippen LogP contribution in [0.4, 0.5) is 0 Å². The second-order valence-electron chi connectivity index (χ2n) is 10.1. The number of benzene rings is 3. The normalized spacial score (nSPS) is 18.0. The Kier molecular flexibility index (Phi) is 2.52. The van der Waals surface area contributed by atoms with Gasteiger partial charge in [0.2, 0.25) is 0 Å². The highest BCUT2D eigenvalue weighted by Gasteiger charge is 2.41. The zero-order valence-corrected chi connectivity index (χ0v) is 18.4. The van der Waals surface area contributed by atoms with Crippen molar-refractivity contribution in [3.05, 3.63) is 65.0 Å². The van der Waals surface area contributed by atoms with Gasteiger partial charge in [0, 0.05) is 5.46 Å². The van der Waals surface area contributed by atoms with Crippen molar-refractivity contribution in [1.29, 1.82) is 0 Å². The molecule has 30 heavy (non-hydrogen) atoms. The highest BCUT2D eigenvalue weighted by molar-refractivity contribution is 6.98. The molecule has 0 bridgehead atoms. The number of rotatable bonds is 0. The first kappa shape index (κ1) is 12.2. The van der Waals surface area contributed by atoms with E-state index in [0.29, 0.717) is 16.6 Å². The van der Waals surface area contributed by atoms with Gasteiger partial charge in [-0.1, -0.05) is 65.7 Å². The SMILES string of the molecule is [2H]c1c([2H])c(C(C)(C)C)c([2H])c2c1Oc1c([2H])c(C)c([2H])c3c1B2c1c([2H])c(C(C)(C)C)c([2H])c([2H])c1O3. The van der Waals surface area contributed by atoms with Gasteiger partial charge in [0.25, 0.3) is 6.71 Å². The molecule has 2 aliphatic heterocycles. The molecule has 3 heteroatoms. The van der Waals surface area contributed by atoms with Crippen LogP contribution in [0.5, 0.6) is 23.0 Å². The maximum atomic E-state index is 9.26. The van der Waals surface area contributed by atoms with Gasteiger partial charge < -0.3 is 9.47 Å². The van der Waals surface area contributed by atoms with Crippen LogP contribution in [0.2, 0.25) is 0 Å². The molecule has 0 fully saturated rings. The average molecular weight is 404 g/mol. The third-order valence-corrected chi connectivity index (χ3v) is 5.48. The Morgan fingerprint density at radius 3 is 1.50 bits per heavy atom. The first-order valence-corrected chi connectivity index (χ1v) is 10.2. The summed E-state index contributed by atoms with van der Waals surface area (Å²) in [6.07, 6.45) is 0.